The average molecular weight is 1340 g/mol. The summed E-state index contributed by atoms with van der Waals surface area (Å²) in [6, 6.07) is 11.3. The van der Waals surface area contributed by atoms with E-state index >= 15 is 8.78 Å². The predicted octanol–water partition coefficient (Wildman–Crippen LogP) is 12.8. The molecule has 518 valence electrons. The molecule has 22 heteroatoms. The first-order valence-electron chi connectivity index (χ1n) is 34.9. The predicted molar refractivity (Wildman–Crippen MR) is 372 cm³/mol. The molecule has 2 unspecified atom stereocenters. The van der Waals surface area contributed by atoms with Gasteiger partial charge in [-0.25, -0.2) is 18.4 Å². The van der Waals surface area contributed by atoms with Gasteiger partial charge in [0.15, 0.2) is 12.6 Å². The van der Waals surface area contributed by atoms with Crippen molar-refractivity contribution in [3.63, 3.8) is 0 Å². The lowest BCUT2D eigenvalue weighted by atomic mass is 9.65. The zero-order valence-corrected chi connectivity index (χ0v) is 59.8. The van der Waals surface area contributed by atoms with Crippen LogP contribution in [0, 0.1) is 47.3 Å². The number of piperazine rings is 2. The zero-order valence-electron chi connectivity index (χ0n) is 58.8. The molecule has 2 bridgehead atoms. The van der Waals surface area contributed by atoms with Crippen molar-refractivity contribution in [1.82, 2.24) is 39.9 Å². The minimum Gasteiger partial charge on any atom is -0.468 e. The van der Waals surface area contributed by atoms with Gasteiger partial charge in [0, 0.05) is 127 Å². The van der Waals surface area contributed by atoms with Crippen molar-refractivity contribution in [1.29, 1.82) is 0 Å². The van der Waals surface area contributed by atoms with Crippen LogP contribution in [0.2, 0.25) is 16.6 Å². The van der Waals surface area contributed by atoms with Crippen LogP contribution < -0.4 is 24.6 Å². The number of ether oxygens (including phenoxy) is 5. The lowest BCUT2D eigenvalue weighted by Gasteiger charge is -2.49. The van der Waals surface area contributed by atoms with E-state index in [1.165, 1.54) is 38.9 Å². The van der Waals surface area contributed by atoms with Crippen molar-refractivity contribution in [2.45, 2.75) is 168 Å². The normalized spacial score (nSPS) is 21.0. The number of urea groups is 1. The van der Waals surface area contributed by atoms with Gasteiger partial charge in [-0.1, -0.05) is 66.5 Å². The molecule has 5 aromatic rings. The largest absolute Gasteiger partial charge is 0.468 e. The number of aryl methyl sites for hydroxylation is 1. The number of rotatable bonds is 19. The van der Waals surface area contributed by atoms with E-state index < -0.39 is 43.0 Å². The van der Waals surface area contributed by atoms with Gasteiger partial charge in [0.1, 0.15) is 42.3 Å². The van der Waals surface area contributed by atoms with E-state index in [4.69, 9.17) is 38.6 Å². The summed E-state index contributed by atoms with van der Waals surface area (Å²) >= 11 is 0. The van der Waals surface area contributed by atoms with E-state index in [0.717, 1.165) is 70.8 Å². The quantitative estimate of drug-likeness (QED) is 0.0467. The highest BCUT2D eigenvalue weighted by molar-refractivity contribution is 6.90. The van der Waals surface area contributed by atoms with Gasteiger partial charge in [-0.05, 0) is 148 Å². The van der Waals surface area contributed by atoms with Crippen molar-refractivity contribution in [2.75, 3.05) is 116 Å². The zero-order chi connectivity index (χ0) is 68.6. The van der Waals surface area contributed by atoms with Crippen LogP contribution in [-0.4, -0.2) is 190 Å². The molecular weight excluding hydrogens is 1240 g/mol. The van der Waals surface area contributed by atoms with Crippen LogP contribution in [0.15, 0.2) is 48.7 Å². The maximum absolute atomic E-state index is 18.4. The number of pyridine rings is 1. The highest BCUT2D eigenvalue weighted by Crippen LogP contribution is 2.49. The number of piperidine rings is 1. The van der Waals surface area contributed by atoms with E-state index in [-0.39, 0.29) is 107 Å². The molecule has 1 N–H and O–H groups in total. The number of fused-ring (bicyclic) bond motifs is 4. The Bertz CT molecular complexity index is 3750. The Morgan fingerprint density at radius 1 is 0.823 bits per heavy atom. The standard InChI is InChI=1S/C74H100F2N10O9Si/c1-47(2)96(48(3)4,49(5)6)35-22-57-60(75)17-16-53-36-56(94-46-92-13)38-58(63(53)57)65-64(76)66-59(39-77-65)67(84-42-55-20-25-74(44-84,45-91-12)86(55)71(90)95-72(9,10)11)80-69(79-66)93-43-50(7)40-81-31-33-82(34-32-81)41-52-18-23-73(24-19-52)26-29-83(30-27-73)68(88)54-15-14-51(8)61(37-54)85-28-21-62(87)78-70(85)89/h14-17,36-39,47-50,52,55H,18-21,23-34,40-46H2,1-13H3,(H,78,87,89)/t50-,55?,74?/m1/s1. The first-order valence-corrected chi connectivity index (χ1v) is 37.1. The molecular formula is C74H100F2N10O9Si. The summed E-state index contributed by atoms with van der Waals surface area (Å²) < 4.78 is 64.9. The smallest absolute Gasteiger partial charge is 0.411 e. The molecule has 1 spiro atoms. The molecule has 5 aliphatic heterocycles. The number of benzene rings is 3. The van der Waals surface area contributed by atoms with Crippen LogP contribution in [-0.2, 0) is 19.0 Å². The number of carbonyl (C=O) groups excluding carboxylic acids is 4. The number of carbonyl (C=O) groups is 4. The molecule has 1 saturated carbocycles. The molecule has 6 fully saturated rings. The van der Waals surface area contributed by atoms with Crippen LogP contribution in [0.5, 0.6) is 11.8 Å². The van der Waals surface area contributed by atoms with Gasteiger partial charge in [0.05, 0.1) is 35.7 Å². The van der Waals surface area contributed by atoms with Crippen LogP contribution >= 0.6 is 0 Å². The van der Waals surface area contributed by atoms with Gasteiger partial charge < -0.3 is 43.3 Å². The van der Waals surface area contributed by atoms with Gasteiger partial charge in [-0.3, -0.25) is 29.7 Å². The first kappa shape index (κ1) is 70.3. The summed E-state index contributed by atoms with van der Waals surface area (Å²) in [5.41, 5.74) is 5.77. The fourth-order valence-corrected chi connectivity index (χ4v) is 22.0. The lowest BCUT2D eigenvalue weighted by Crippen LogP contribution is -2.66. The summed E-state index contributed by atoms with van der Waals surface area (Å²) in [6.45, 7) is 31.4. The molecule has 5 amide bonds. The van der Waals surface area contributed by atoms with Gasteiger partial charge in [0.25, 0.3) is 5.91 Å². The third-order valence-corrected chi connectivity index (χ3v) is 28.0. The fourth-order valence-electron chi connectivity index (χ4n) is 16.8. The van der Waals surface area contributed by atoms with E-state index in [2.05, 4.69) is 79.9 Å². The number of amides is 5. The summed E-state index contributed by atoms with van der Waals surface area (Å²) in [7, 11) is 0.775. The van der Waals surface area contributed by atoms with Crippen LogP contribution in [0.1, 0.15) is 149 Å². The monoisotopic (exact) mass is 1340 g/mol. The summed E-state index contributed by atoms with van der Waals surface area (Å²) in [4.78, 5) is 79.9. The van der Waals surface area contributed by atoms with E-state index in [0.29, 0.717) is 70.8 Å². The average Bonchev–Trinajstić information content (AvgIpc) is 1.67. The summed E-state index contributed by atoms with van der Waals surface area (Å²) in [6.07, 6.45) is 9.45. The number of nitrogens with one attached hydrogen (secondary N) is 1. The molecule has 0 radical (unpaired) electrons. The topological polar surface area (TPSA) is 185 Å². The Morgan fingerprint density at radius 2 is 1.53 bits per heavy atom. The number of likely N-dealkylation sites (tertiary alicyclic amines) is 1. The lowest BCUT2D eigenvalue weighted by molar-refractivity contribution is -0.120. The van der Waals surface area contributed by atoms with E-state index in [9.17, 15) is 19.2 Å². The number of halogens is 2. The minimum absolute atomic E-state index is 0.00103. The molecule has 6 aliphatic rings. The maximum atomic E-state index is 18.4. The molecule has 7 heterocycles. The highest BCUT2D eigenvalue weighted by Gasteiger charge is 2.55. The maximum Gasteiger partial charge on any atom is 0.411 e. The third kappa shape index (κ3) is 14.6. The number of hydrogen-bond acceptors (Lipinski definition) is 15. The SMILES string of the molecule is COCOc1cc(-c2ncc3c(N4CC5CCC(COC)(C4)N5C(=O)OC(C)(C)C)nc(OC[C@H](C)CN4CCN(CC5CCC6(CC5)CCN(C(=O)c5ccc(C)c(N7CCC(=O)NC7=O)c5)CC6)CC4)nc3c2F)c2c(C#C[Si](C(C)C)(C(C)C)C(C)C)c(F)ccc2c1. The van der Waals surface area contributed by atoms with Gasteiger partial charge in [0.2, 0.25) is 5.91 Å². The van der Waals surface area contributed by atoms with Crippen molar-refractivity contribution in [3.05, 3.63) is 77.0 Å². The third-order valence-electron chi connectivity index (χ3n) is 21.7. The number of anilines is 2. The Hall–Kier alpha value is -7.03. The van der Waals surface area contributed by atoms with Crippen LogP contribution in [0.25, 0.3) is 32.9 Å². The van der Waals surface area contributed by atoms with Crippen molar-refractivity contribution < 1.29 is 51.6 Å². The second-order valence-corrected chi connectivity index (χ2v) is 35.9. The van der Waals surface area contributed by atoms with E-state index in [1.807, 2.05) is 49.6 Å². The second kappa shape index (κ2) is 28.8. The Balaban J connectivity index is 0.792. The Kier molecular flexibility index (Phi) is 21.1. The minimum atomic E-state index is -2.38. The molecule has 5 saturated heterocycles. The molecule has 19 nitrogen and oxygen atoms in total. The molecule has 1 aliphatic carbocycles. The van der Waals surface area contributed by atoms with Crippen molar-refractivity contribution in [2.24, 2.45) is 17.3 Å². The number of nitrogens with zero attached hydrogens (tertiary/aromatic N) is 9. The number of imide groups is 1. The first-order chi connectivity index (χ1) is 45.7. The molecule has 3 aromatic carbocycles. The van der Waals surface area contributed by atoms with Gasteiger partial charge in [-0.2, -0.15) is 9.97 Å². The molecule has 96 heavy (non-hydrogen) atoms. The Labute approximate surface area is 566 Å². The Morgan fingerprint density at radius 3 is 2.20 bits per heavy atom. The highest BCUT2D eigenvalue weighted by atomic mass is 28.3. The number of hydrogen-bond donors (Lipinski definition) is 1. The fraction of sp³-hybridized carbons (Fsp3) is 0.608. The van der Waals surface area contributed by atoms with Crippen molar-refractivity contribution in [3.8, 4) is 34.5 Å². The number of aromatic nitrogens is 3. The molecule has 11 rings (SSSR count). The second-order valence-electron chi connectivity index (χ2n) is 30.3. The molecule has 3 atom stereocenters. The van der Waals surface area contributed by atoms with Crippen LogP contribution in [0.3, 0.4) is 0 Å². The number of methoxy groups -OCH3 is 2. The van der Waals surface area contributed by atoms with E-state index in [1.54, 1.807) is 42.5 Å². The van der Waals surface area contributed by atoms with Gasteiger partial charge in [-0.15, -0.1) is 5.54 Å². The summed E-state index contributed by atoms with van der Waals surface area (Å²) in [5, 5.41) is 3.74. The van der Waals surface area contributed by atoms with Gasteiger partial charge >= 0.3 is 18.1 Å². The summed E-state index contributed by atoms with van der Waals surface area (Å²) in [5.74, 6) is 3.28. The molecule has 2 aromatic heterocycles. The van der Waals surface area contributed by atoms with Crippen LogP contribution in [0.4, 0.5) is 29.9 Å². The van der Waals surface area contributed by atoms with Crippen molar-refractivity contribution >= 4 is 65.2 Å².